The van der Waals surface area contributed by atoms with Gasteiger partial charge in [-0.15, -0.1) is 0 Å². The minimum absolute atomic E-state index is 0.142. The van der Waals surface area contributed by atoms with Gasteiger partial charge in [0.25, 0.3) is 0 Å². The van der Waals surface area contributed by atoms with E-state index in [0.717, 1.165) is 0 Å². The lowest BCUT2D eigenvalue weighted by atomic mass is 10.3. The number of alkyl carbamates (subject to hydrolysis) is 1. The van der Waals surface area contributed by atoms with Gasteiger partial charge < -0.3 is 28.4 Å². The minimum atomic E-state index is -2.52. The number of esters is 2. The van der Waals surface area contributed by atoms with Gasteiger partial charge in [-0.25, -0.2) is 14.4 Å². The third kappa shape index (κ3) is 9.35. The van der Waals surface area contributed by atoms with Gasteiger partial charge in [0, 0.05) is 25.4 Å². The number of hydrogen-bond donors (Lipinski definition) is 1. The van der Waals surface area contributed by atoms with E-state index in [9.17, 15) is 14.4 Å². The van der Waals surface area contributed by atoms with Crippen LogP contribution in [0.15, 0.2) is 24.3 Å². The fourth-order valence-corrected chi connectivity index (χ4v) is 2.27. The maximum atomic E-state index is 12.0. The van der Waals surface area contributed by atoms with Crippen molar-refractivity contribution >= 4 is 26.6 Å². The average Bonchev–Trinajstić information content (AvgIpc) is 2.60. The van der Waals surface area contributed by atoms with E-state index in [1.807, 2.05) is 0 Å². The van der Waals surface area contributed by atoms with Crippen molar-refractivity contribution in [1.29, 1.82) is 0 Å². The third-order valence-corrected chi connectivity index (χ3v) is 5.73. The molecule has 0 saturated heterocycles. The topological polar surface area (TPSA) is 109 Å². The predicted octanol–water partition coefficient (Wildman–Crippen LogP) is 1.22. The molecule has 0 heterocycles. The molecule has 0 radical (unpaired) electrons. The lowest BCUT2D eigenvalue weighted by molar-refractivity contribution is -0.147. The van der Waals surface area contributed by atoms with Crippen molar-refractivity contribution in [2.45, 2.75) is 26.5 Å². The Morgan fingerprint density at radius 3 is 1.73 bits per heavy atom. The van der Waals surface area contributed by atoms with Gasteiger partial charge in [0.05, 0.1) is 6.17 Å². The van der Waals surface area contributed by atoms with Crippen molar-refractivity contribution in [1.82, 2.24) is 5.32 Å². The van der Waals surface area contributed by atoms with Gasteiger partial charge in [0.15, 0.2) is 6.10 Å². The second-order valence-electron chi connectivity index (χ2n) is 5.68. The highest BCUT2D eigenvalue weighted by Gasteiger charge is 2.30. The molecule has 0 aliphatic heterocycles. The van der Waals surface area contributed by atoms with Crippen LogP contribution in [-0.4, -0.2) is 66.3 Å². The lowest BCUT2D eigenvalue weighted by Gasteiger charge is -2.24. The summed E-state index contributed by atoms with van der Waals surface area (Å²) >= 11 is 0. The first-order valence-electron chi connectivity index (χ1n) is 7.74. The summed E-state index contributed by atoms with van der Waals surface area (Å²) in [6, 6.07) is 0. The molecule has 10 heteroatoms. The molecular formula is C16H27NO8Si. The van der Waals surface area contributed by atoms with Crippen molar-refractivity contribution < 1.29 is 37.4 Å². The third-order valence-electron chi connectivity index (χ3n) is 3.19. The van der Waals surface area contributed by atoms with Crippen LogP contribution in [-0.2, 0) is 32.7 Å². The van der Waals surface area contributed by atoms with Crippen molar-refractivity contribution in [2.24, 2.45) is 0 Å². The molecule has 26 heavy (non-hydrogen) atoms. The SMILES string of the molecule is C=C(C)C(=O)OCC(COC(=O)C(=C)C)OC(=O)NC[Si](C)(OC)OC. The molecule has 9 nitrogen and oxygen atoms in total. The summed E-state index contributed by atoms with van der Waals surface area (Å²) in [6.45, 7) is 11.0. The maximum absolute atomic E-state index is 12.0. The Hall–Kier alpha value is -2.17. The number of carbonyl (C=O) groups is 3. The molecule has 0 unspecified atom stereocenters. The fraction of sp³-hybridized carbons (Fsp3) is 0.562. The molecule has 1 amide bonds. The van der Waals surface area contributed by atoms with Crippen LogP contribution < -0.4 is 5.32 Å². The number of rotatable bonds is 11. The summed E-state index contributed by atoms with van der Waals surface area (Å²) in [5.41, 5.74) is 0.378. The van der Waals surface area contributed by atoms with E-state index in [1.54, 1.807) is 6.55 Å². The zero-order chi connectivity index (χ0) is 20.3. The van der Waals surface area contributed by atoms with Crippen LogP contribution in [0.5, 0.6) is 0 Å². The summed E-state index contributed by atoms with van der Waals surface area (Å²) in [5.74, 6) is -1.30. The van der Waals surface area contributed by atoms with Gasteiger partial charge in [-0.1, -0.05) is 13.2 Å². The van der Waals surface area contributed by atoms with Crippen LogP contribution in [0.1, 0.15) is 13.8 Å². The fourth-order valence-electron chi connectivity index (χ4n) is 1.35. The Labute approximate surface area is 154 Å². The van der Waals surface area contributed by atoms with E-state index in [0.29, 0.717) is 0 Å². The Bertz CT molecular complexity index is 514. The number of ether oxygens (including phenoxy) is 3. The molecule has 0 atom stereocenters. The quantitative estimate of drug-likeness (QED) is 0.243. The highest BCUT2D eigenvalue weighted by molar-refractivity contribution is 6.66. The Kier molecular flexibility index (Phi) is 10.5. The van der Waals surface area contributed by atoms with E-state index in [4.69, 9.17) is 23.1 Å². The molecule has 0 aliphatic carbocycles. The second kappa shape index (κ2) is 11.4. The molecular weight excluding hydrogens is 362 g/mol. The van der Waals surface area contributed by atoms with E-state index < -0.39 is 32.7 Å². The van der Waals surface area contributed by atoms with Crippen molar-refractivity contribution in [3.05, 3.63) is 24.3 Å². The molecule has 0 aliphatic rings. The number of hydrogen-bond acceptors (Lipinski definition) is 8. The highest BCUT2D eigenvalue weighted by Crippen LogP contribution is 2.04. The molecule has 0 aromatic heterocycles. The van der Waals surface area contributed by atoms with E-state index >= 15 is 0 Å². The van der Waals surface area contributed by atoms with Gasteiger partial charge >= 0.3 is 26.6 Å². The van der Waals surface area contributed by atoms with Gasteiger partial charge in [-0.2, -0.15) is 0 Å². The largest absolute Gasteiger partial charge is 0.458 e. The monoisotopic (exact) mass is 389 g/mol. The standard InChI is InChI=1S/C16H27NO8Si/c1-11(2)14(18)23-8-13(9-24-15(19)12(3)4)25-16(20)17-10-26(7,21-5)22-6/h13H,1,3,8-10H2,2,4-7H3,(H,17,20). The van der Waals surface area contributed by atoms with Gasteiger partial charge in [-0.05, 0) is 20.4 Å². The van der Waals surface area contributed by atoms with E-state index in [1.165, 1.54) is 28.1 Å². The second-order valence-corrected chi connectivity index (χ2v) is 9.12. The molecule has 0 fully saturated rings. The maximum Gasteiger partial charge on any atom is 0.407 e. The van der Waals surface area contributed by atoms with Crippen LogP contribution in [0.25, 0.3) is 0 Å². The minimum Gasteiger partial charge on any atom is -0.458 e. The first kappa shape index (κ1) is 23.8. The zero-order valence-electron chi connectivity index (χ0n) is 15.9. The van der Waals surface area contributed by atoms with Crippen LogP contribution in [0, 0.1) is 0 Å². The lowest BCUT2D eigenvalue weighted by Crippen LogP contribution is -2.49. The molecule has 148 valence electrons. The molecule has 0 saturated carbocycles. The number of nitrogens with one attached hydrogen (secondary N) is 1. The van der Waals surface area contributed by atoms with Crippen molar-refractivity contribution in [2.75, 3.05) is 33.6 Å². The first-order valence-corrected chi connectivity index (χ1v) is 10.3. The van der Waals surface area contributed by atoms with Crippen LogP contribution in [0.4, 0.5) is 4.79 Å². The normalized spacial score (nSPS) is 10.8. The average molecular weight is 389 g/mol. The first-order chi connectivity index (χ1) is 12.0. The highest BCUT2D eigenvalue weighted by atomic mass is 28.4. The Morgan fingerprint density at radius 1 is 0.962 bits per heavy atom. The van der Waals surface area contributed by atoms with Gasteiger partial charge in [0.2, 0.25) is 0 Å². The van der Waals surface area contributed by atoms with Crippen LogP contribution in [0.2, 0.25) is 6.55 Å². The van der Waals surface area contributed by atoms with E-state index in [2.05, 4.69) is 18.5 Å². The van der Waals surface area contributed by atoms with E-state index in [-0.39, 0.29) is 30.5 Å². The zero-order valence-corrected chi connectivity index (χ0v) is 16.9. The number of carbonyl (C=O) groups excluding carboxylic acids is 3. The predicted molar refractivity (Wildman–Crippen MR) is 95.5 cm³/mol. The summed E-state index contributed by atoms with van der Waals surface area (Å²) in [4.78, 5) is 34.9. The molecule has 0 spiro atoms. The Balaban J connectivity index is 4.73. The van der Waals surface area contributed by atoms with Crippen molar-refractivity contribution in [3.63, 3.8) is 0 Å². The smallest absolute Gasteiger partial charge is 0.407 e. The molecule has 1 N–H and O–H groups in total. The molecule has 0 aromatic carbocycles. The molecule has 0 rings (SSSR count). The van der Waals surface area contributed by atoms with Crippen LogP contribution >= 0.6 is 0 Å². The summed E-state index contributed by atoms with van der Waals surface area (Å²) in [6.07, 6.45) is -1.65. The van der Waals surface area contributed by atoms with Gasteiger partial charge in [-0.3, -0.25) is 0 Å². The summed E-state index contributed by atoms with van der Waals surface area (Å²) < 4.78 is 25.5. The van der Waals surface area contributed by atoms with Crippen LogP contribution in [0.3, 0.4) is 0 Å². The molecule has 0 bridgehead atoms. The van der Waals surface area contributed by atoms with Crippen molar-refractivity contribution in [3.8, 4) is 0 Å². The Morgan fingerprint density at radius 2 is 1.38 bits per heavy atom. The summed E-state index contributed by atoms with van der Waals surface area (Å²) in [5, 5.41) is 2.51. The molecule has 0 aromatic rings. The summed E-state index contributed by atoms with van der Waals surface area (Å²) in [7, 11) is 0.452. The number of amides is 1. The van der Waals surface area contributed by atoms with Gasteiger partial charge in [0.1, 0.15) is 13.2 Å².